The van der Waals surface area contributed by atoms with Gasteiger partial charge in [0.1, 0.15) is 6.10 Å². The van der Waals surface area contributed by atoms with Crippen LogP contribution in [0.15, 0.2) is 60.7 Å². The molecule has 108 valence electrons. The Morgan fingerprint density at radius 1 is 1.00 bits per heavy atom. The molecule has 0 fully saturated rings. The summed E-state index contributed by atoms with van der Waals surface area (Å²) in [6.45, 7) is 1.75. The number of rotatable bonds is 7. The van der Waals surface area contributed by atoms with Crippen molar-refractivity contribution < 1.29 is 4.74 Å². The average molecular weight is 280 g/mol. The SMILES string of the molecule is CN(CC#N)CCOC(c1ccccc1)c1ccccc1. The molecule has 0 bridgehead atoms. The third kappa shape index (κ3) is 4.71. The number of nitriles is 1. The van der Waals surface area contributed by atoms with Crippen molar-refractivity contribution in [2.24, 2.45) is 0 Å². The standard InChI is InChI=1S/C18H20N2O/c1-20(13-12-19)14-15-21-18(16-8-4-2-5-9-16)17-10-6-3-7-11-17/h2-11,18H,13-15H2,1H3. The summed E-state index contributed by atoms with van der Waals surface area (Å²) in [5, 5.41) is 8.67. The van der Waals surface area contributed by atoms with Crippen LogP contribution in [0.5, 0.6) is 0 Å². The summed E-state index contributed by atoms with van der Waals surface area (Å²) < 4.78 is 6.08. The van der Waals surface area contributed by atoms with E-state index in [9.17, 15) is 0 Å². The van der Waals surface area contributed by atoms with Crippen molar-refractivity contribution in [3.05, 3.63) is 71.8 Å². The summed E-state index contributed by atoms with van der Waals surface area (Å²) in [6.07, 6.45) is -0.0668. The van der Waals surface area contributed by atoms with Crippen LogP contribution in [0.3, 0.4) is 0 Å². The molecule has 0 heterocycles. The van der Waals surface area contributed by atoms with Crippen molar-refractivity contribution >= 4 is 0 Å². The van der Waals surface area contributed by atoms with Gasteiger partial charge in [0, 0.05) is 6.54 Å². The van der Waals surface area contributed by atoms with Crippen molar-refractivity contribution in [1.29, 1.82) is 5.26 Å². The molecule has 2 rings (SSSR count). The second-order valence-electron chi connectivity index (χ2n) is 4.97. The quantitative estimate of drug-likeness (QED) is 0.730. The highest BCUT2D eigenvalue weighted by atomic mass is 16.5. The normalized spacial score (nSPS) is 10.8. The van der Waals surface area contributed by atoms with Gasteiger partial charge in [0.2, 0.25) is 0 Å². The molecule has 21 heavy (non-hydrogen) atoms. The van der Waals surface area contributed by atoms with Gasteiger partial charge in [-0.15, -0.1) is 0 Å². The van der Waals surface area contributed by atoms with E-state index in [1.165, 1.54) is 0 Å². The van der Waals surface area contributed by atoms with E-state index in [0.717, 1.165) is 17.7 Å². The van der Waals surface area contributed by atoms with Crippen LogP contribution in [-0.4, -0.2) is 31.6 Å². The van der Waals surface area contributed by atoms with Crippen LogP contribution >= 0.6 is 0 Å². The Bertz CT molecular complexity index is 523. The van der Waals surface area contributed by atoms with Gasteiger partial charge in [0.15, 0.2) is 0 Å². The monoisotopic (exact) mass is 280 g/mol. The van der Waals surface area contributed by atoms with E-state index in [4.69, 9.17) is 10.00 Å². The topological polar surface area (TPSA) is 36.3 Å². The van der Waals surface area contributed by atoms with E-state index in [2.05, 4.69) is 30.3 Å². The highest BCUT2D eigenvalue weighted by Crippen LogP contribution is 2.25. The largest absolute Gasteiger partial charge is 0.367 e. The predicted octanol–water partition coefficient (Wildman–Crippen LogP) is 3.25. The van der Waals surface area contributed by atoms with Gasteiger partial charge in [0.25, 0.3) is 0 Å². The van der Waals surface area contributed by atoms with Crippen LogP contribution in [0.1, 0.15) is 17.2 Å². The molecule has 0 aliphatic carbocycles. The van der Waals surface area contributed by atoms with E-state index < -0.39 is 0 Å². The Morgan fingerprint density at radius 2 is 1.52 bits per heavy atom. The lowest BCUT2D eigenvalue weighted by atomic mass is 10.0. The van der Waals surface area contributed by atoms with Crippen LogP contribution in [0.25, 0.3) is 0 Å². The molecule has 0 amide bonds. The van der Waals surface area contributed by atoms with E-state index in [0.29, 0.717) is 13.2 Å². The number of nitrogens with zero attached hydrogens (tertiary/aromatic N) is 2. The fourth-order valence-corrected chi connectivity index (χ4v) is 2.17. The minimum absolute atomic E-state index is 0.0668. The minimum atomic E-state index is -0.0668. The Balaban J connectivity index is 2.06. The molecular weight excluding hydrogens is 260 g/mol. The van der Waals surface area contributed by atoms with Gasteiger partial charge in [-0.05, 0) is 18.2 Å². The van der Waals surface area contributed by atoms with Crippen LogP contribution in [0.4, 0.5) is 0 Å². The molecule has 0 spiro atoms. The highest BCUT2D eigenvalue weighted by molar-refractivity contribution is 5.29. The molecule has 0 saturated heterocycles. The van der Waals surface area contributed by atoms with Crippen molar-refractivity contribution in [3.63, 3.8) is 0 Å². The maximum atomic E-state index is 8.67. The second kappa shape index (κ2) is 8.21. The first-order valence-corrected chi connectivity index (χ1v) is 7.08. The van der Waals surface area contributed by atoms with Crippen molar-refractivity contribution in [2.75, 3.05) is 26.7 Å². The number of ether oxygens (including phenoxy) is 1. The summed E-state index contributed by atoms with van der Waals surface area (Å²) in [6, 6.07) is 22.6. The van der Waals surface area contributed by atoms with E-state index in [1.54, 1.807) is 0 Å². The molecular formula is C18H20N2O. The molecule has 2 aromatic carbocycles. The first-order valence-electron chi connectivity index (χ1n) is 7.08. The summed E-state index contributed by atoms with van der Waals surface area (Å²) in [7, 11) is 1.92. The lowest BCUT2D eigenvalue weighted by Gasteiger charge is -2.20. The Morgan fingerprint density at radius 3 is 2.00 bits per heavy atom. The van der Waals surface area contributed by atoms with Gasteiger partial charge in [-0.1, -0.05) is 60.7 Å². The second-order valence-corrected chi connectivity index (χ2v) is 4.97. The predicted molar refractivity (Wildman–Crippen MR) is 83.8 cm³/mol. The molecule has 0 atom stereocenters. The molecule has 0 saturated carbocycles. The van der Waals surface area contributed by atoms with Crippen LogP contribution in [0, 0.1) is 11.3 Å². The fourth-order valence-electron chi connectivity index (χ4n) is 2.17. The summed E-state index contributed by atoms with van der Waals surface area (Å²) in [5.74, 6) is 0. The molecule has 0 N–H and O–H groups in total. The molecule has 3 nitrogen and oxygen atoms in total. The summed E-state index contributed by atoms with van der Waals surface area (Å²) in [5.41, 5.74) is 2.29. The lowest BCUT2D eigenvalue weighted by molar-refractivity contribution is 0.0668. The van der Waals surface area contributed by atoms with Gasteiger partial charge < -0.3 is 4.74 Å². The molecule has 0 aliphatic heterocycles. The Kier molecular flexibility index (Phi) is 5.96. The third-order valence-electron chi connectivity index (χ3n) is 3.30. The van der Waals surface area contributed by atoms with E-state index in [-0.39, 0.29) is 6.10 Å². The van der Waals surface area contributed by atoms with Crippen molar-refractivity contribution in [3.8, 4) is 6.07 Å². The molecule has 0 aliphatic rings. The zero-order valence-electron chi connectivity index (χ0n) is 12.3. The minimum Gasteiger partial charge on any atom is -0.367 e. The van der Waals surface area contributed by atoms with Gasteiger partial charge in [-0.3, -0.25) is 4.90 Å². The number of benzene rings is 2. The number of hydrogen-bond donors (Lipinski definition) is 0. The molecule has 0 radical (unpaired) electrons. The van der Waals surface area contributed by atoms with Crippen molar-refractivity contribution in [2.45, 2.75) is 6.10 Å². The lowest BCUT2D eigenvalue weighted by Crippen LogP contribution is -2.24. The zero-order valence-corrected chi connectivity index (χ0v) is 12.3. The number of hydrogen-bond acceptors (Lipinski definition) is 3. The first kappa shape index (κ1) is 15.2. The Hall–Kier alpha value is -2.15. The molecule has 0 unspecified atom stereocenters. The maximum Gasteiger partial charge on any atom is 0.108 e. The van der Waals surface area contributed by atoms with Crippen LogP contribution in [0.2, 0.25) is 0 Å². The summed E-state index contributed by atoms with van der Waals surface area (Å²) >= 11 is 0. The van der Waals surface area contributed by atoms with Gasteiger partial charge in [-0.2, -0.15) is 5.26 Å². The van der Waals surface area contributed by atoms with E-state index >= 15 is 0 Å². The van der Waals surface area contributed by atoms with Gasteiger partial charge in [-0.25, -0.2) is 0 Å². The third-order valence-corrected chi connectivity index (χ3v) is 3.30. The van der Waals surface area contributed by atoms with Crippen LogP contribution < -0.4 is 0 Å². The average Bonchev–Trinajstić information content (AvgIpc) is 2.53. The van der Waals surface area contributed by atoms with Crippen LogP contribution in [-0.2, 0) is 4.74 Å². The molecule has 0 aromatic heterocycles. The summed E-state index contributed by atoms with van der Waals surface area (Å²) in [4.78, 5) is 1.95. The first-order chi connectivity index (χ1) is 10.3. The van der Waals surface area contributed by atoms with Gasteiger partial charge >= 0.3 is 0 Å². The van der Waals surface area contributed by atoms with Gasteiger partial charge in [0.05, 0.1) is 19.2 Å². The van der Waals surface area contributed by atoms with Crippen molar-refractivity contribution in [1.82, 2.24) is 4.90 Å². The maximum absolute atomic E-state index is 8.67. The molecule has 3 heteroatoms. The fraction of sp³-hybridized carbons (Fsp3) is 0.278. The number of likely N-dealkylation sites (N-methyl/N-ethyl adjacent to an activating group) is 1. The zero-order chi connectivity index (χ0) is 14.9. The van der Waals surface area contributed by atoms with E-state index in [1.807, 2.05) is 48.3 Å². The highest BCUT2D eigenvalue weighted by Gasteiger charge is 2.14. The Labute approximate surface area is 126 Å². The molecule has 2 aromatic rings. The smallest absolute Gasteiger partial charge is 0.108 e.